The van der Waals surface area contributed by atoms with Crippen molar-refractivity contribution < 1.29 is 28.6 Å². The molecule has 1 saturated carbocycles. The number of fused-ring (bicyclic) bond motifs is 1. The lowest BCUT2D eigenvalue weighted by molar-refractivity contribution is -0.147. The minimum Gasteiger partial charge on any atom is -0.481 e. The van der Waals surface area contributed by atoms with E-state index >= 15 is 0 Å². The quantitative estimate of drug-likeness (QED) is 0.786. The van der Waals surface area contributed by atoms with Crippen molar-refractivity contribution in [3.05, 3.63) is 17.9 Å². The van der Waals surface area contributed by atoms with Crippen LogP contribution in [0.25, 0.3) is 0 Å². The Bertz CT molecular complexity index is 832. The molecule has 1 aromatic rings. The van der Waals surface area contributed by atoms with Gasteiger partial charge in [0.15, 0.2) is 12.4 Å². The largest absolute Gasteiger partial charge is 0.481 e. The van der Waals surface area contributed by atoms with E-state index in [2.05, 4.69) is 11.2 Å². The van der Waals surface area contributed by atoms with Crippen molar-refractivity contribution >= 4 is 29.2 Å². The van der Waals surface area contributed by atoms with Crippen LogP contribution in [0.4, 0.5) is 15.8 Å². The zero-order valence-corrected chi connectivity index (χ0v) is 14.5. The molecule has 0 saturated heterocycles. The van der Waals surface area contributed by atoms with Crippen molar-refractivity contribution in [2.45, 2.75) is 25.7 Å². The molecule has 142 valence electrons. The summed E-state index contributed by atoms with van der Waals surface area (Å²) in [6, 6.07) is 2.37. The lowest BCUT2D eigenvalue weighted by atomic mass is 9.78. The van der Waals surface area contributed by atoms with E-state index in [1.807, 2.05) is 0 Å². The number of halogens is 1. The van der Waals surface area contributed by atoms with E-state index in [-0.39, 0.29) is 36.2 Å². The molecule has 8 heteroatoms. The molecule has 2 N–H and O–H groups in total. The van der Waals surface area contributed by atoms with Crippen LogP contribution in [0.2, 0.25) is 0 Å². The van der Waals surface area contributed by atoms with Gasteiger partial charge in [0.05, 0.1) is 29.8 Å². The molecule has 0 aromatic heterocycles. The molecular weight excluding hydrogens is 355 g/mol. The minimum absolute atomic E-state index is 0.0159. The van der Waals surface area contributed by atoms with Gasteiger partial charge in [-0.1, -0.05) is 18.8 Å². The number of hydrogen-bond donors (Lipinski definition) is 2. The molecule has 27 heavy (non-hydrogen) atoms. The Morgan fingerprint density at radius 2 is 2.04 bits per heavy atom. The molecule has 1 aromatic carbocycles. The van der Waals surface area contributed by atoms with Gasteiger partial charge in [0.2, 0.25) is 5.91 Å². The number of ether oxygens (including phenoxy) is 1. The Morgan fingerprint density at radius 1 is 1.33 bits per heavy atom. The third-order valence-electron chi connectivity index (χ3n) is 4.92. The van der Waals surface area contributed by atoms with Gasteiger partial charge in [0.1, 0.15) is 5.75 Å². The normalized spacial score (nSPS) is 21.6. The standard InChI is InChI=1S/C19H19FN2O5/c1-2-7-22-15-9-14(13(20)8-16(15)27-10-17(22)23)21-18(24)11-5-3-4-6-12(11)19(25)26/h1,8-9,11-12H,3-7,10H2,(H,21,24)(H,25,26). The number of nitrogens with zero attached hydrogens (tertiary/aromatic N) is 1. The summed E-state index contributed by atoms with van der Waals surface area (Å²) in [5, 5.41) is 11.8. The average Bonchev–Trinajstić information content (AvgIpc) is 2.65. The fraction of sp³-hybridized carbons (Fsp3) is 0.421. The second-order valence-corrected chi connectivity index (χ2v) is 6.60. The van der Waals surface area contributed by atoms with Gasteiger partial charge in [-0.25, -0.2) is 4.39 Å². The van der Waals surface area contributed by atoms with Crippen molar-refractivity contribution in [3.63, 3.8) is 0 Å². The number of terminal acetylenes is 1. The number of benzene rings is 1. The summed E-state index contributed by atoms with van der Waals surface area (Å²) < 4.78 is 19.6. The van der Waals surface area contributed by atoms with Crippen molar-refractivity contribution in [1.29, 1.82) is 0 Å². The predicted octanol–water partition coefficient (Wildman–Crippen LogP) is 2.01. The average molecular weight is 374 g/mol. The Morgan fingerprint density at radius 3 is 2.70 bits per heavy atom. The molecule has 1 aliphatic heterocycles. The maximum absolute atomic E-state index is 14.4. The van der Waals surface area contributed by atoms with Crippen molar-refractivity contribution in [1.82, 2.24) is 0 Å². The second kappa shape index (κ2) is 7.66. The summed E-state index contributed by atoms with van der Waals surface area (Å²) in [5.74, 6) is -1.69. The number of nitrogens with one attached hydrogen (secondary N) is 1. The first kappa shape index (κ1) is 18.7. The summed E-state index contributed by atoms with van der Waals surface area (Å²) in [6.07, 6.45) is 7.62. The zero-order chi connectivity index (χ0) is 19.6. The maximum atomic E-state index is 14.4. The van der Waals surface area contributed by atoms with Gasteiger partial charge in [-0.2, -0.15) is 0 Å². The Balaban J connectivity index is 1.87. The number of carbonyl (C=O) groups is 3. The van der Waals surface area contributed by atoms with E-state index in [9.17, 15) is 23.9 Å². The summed E-state index contributed by atoms with van der Waals surface area (Å²) in [7, 11) is 0. The van der Waals surface area contributed by atoms with Crippen LogP contribution < -0.4 is 15.0 Å². The molecule has 1 aliphatic carbocycles. The molecule has 0 spiro atoms. The van der Waals surface area contributed by atoms with Crippen LogP contribution in [0.1, 0.15) is 25.7 Å². The number of carboxylic acid groups (broad SMARTS) is 1. The Kier molecular flexibility index (Phi) is 5.31. The monoisotopic (exact) mass is 374 g/mol. The van der Waals surface area contributed by atoms with Gasteiger partial charge in [0.25, 0.3) is 5.91 Å². The SMILES string of the molecule is C#CCN1C(=O)COc2cc(F)c(NC(=O)C3CCCCC3C(=O)O)cc21. The van der Waals surface area contributed by atoms with E-state index in [1.54, 1.807) is 0 Å². The van der Waals surface area contributed by atoms with Crippen LogP contribution in [-0.4, -0.2) is 36.0 Å². The van der Waals surface area contributed by atoms with E-state index in [4.69, 9.17) is 11.2 Å². The number of aliphatic carboxylic acids is 1. The first-order chi connectivity index (χ1) is 12.9. The molecule has 1 heterocycles. The van der Waals surface area contributed by atoms with E-state index in [1.165, 1.54) is 11.0 Å². The summed E-state index contributed by atoms with van der Waals surface area (Å²) in [4.78, 5) is 37.2. The molecule has 2 unspecified atom stereocenters. The maximum Gasteiger partial charge on any atom is 0.307 e. The van der Waals surface area contributed by atoms with E-state index < -0.39 is 29.5 Å². The minimum atomic E-state index is -1.03. The van der Waals surface area contributed by atoms with Crippen molar-refractivity contribution in [2.24, 2.45) is 11.8 Å². The number of carbonyl (C=O) groups excluding carboxylic acids is 2. The first-order valence-corrected chi connectivity index (χ1v) is 8.66. The number of carboxylic acids is 1. The van der Waals surface area contributed by atoms with Crippen molar-refractivity contribution in [3.8, 4) is 18.1 Å². The Labute approximate surface area is 155 Å². The van der Waals surface area contributed by atoms with Crippen LogP contribution >= 0.6 is 0 Å². The van der Waals surface area contributed by atoms with Gasteiger partial charge >= 0.3 is 5.97 Å². The molecule has 1 fully saturated rings. The zero-order valence-electron chi connectivity index (χ0n) is 14.5. The highest BCUT2D eigenvalue weighted by molar-refractivity contribution is 6.00. The number of amides is 2. The second-order valence-electron chi connectivity index (χ2n) is 6.60. The summed E-state index contributed by atoms with van der Waals surface area (Å²) >= 11 is 0. The van der Waals surface area contributed by atoms with Crippen LogP contribution in [-0.2, 0) is 14.4 Å². The molecule has 2 atom stereocenters. The molecule has 3 rings (SSSR count). The molecule has 0 bridgehead atoms. The van der Waals surface area contributed by atoms with Gasteiger partial charge in [0, 0.05) is 6.07 Å². The molecule has 0 radical (unpaired) electrons. The molecule has 2 aliphatic rings. The van der Waals surface area contributed by atoms with Crippen LogP contribution in [0, 0.1) is 30.0 Å². The molecule has 2 amide bonds. The highest BCUT2D eigenvalue weighted by Gasteiger charge is 2.36. The van der Waals surface area contributed by atoms with Gasteiger partial charge < -0.3 is 15.2 Å². The predicted molar refractivity (Wildman–Crippen MR) is 94.8 cm³/mol. The third-order valence-corrected chi connectivity index (χ3v) is 4.92. The van der Waals surface area contributed by atoms with Gasteiger partial charge in [-0.05, 0) is 18.9 Å². The fourth-order valence-electron chi connectivity index (χ4n) is 3.55. The van der Waals surface area contributed by atoms with E-state index in [0.29, 0.717) is 12.8 Å². The lowest BCUT2D eigenvalue weighted by Crippen LogP contribution is -2.39. The smallest absolute Gasteiger partial charge is 0.307 e. The van der Waals surface area contributed by atoms with Crippen LogP contribution in [0.15, 0.2) is 12.1 Å². The summed E-state index contributed by atoms with van der Waals surface area (Å²) in [6.45, 7) is -0.264. The van der Waals surface area contributed by atoms with Crippen LogP contribution in [0.3, 0.4) is 0 Å². The summed E-state index contributed by atoms with van der Waals surface area (Å²) in [5.41, 5.74) is 0.119. The van der Waals surface area contributed by atoms with Gasteiger partial charge in [-0.15, -0.1) is 6.42 Å². The number of hydrogen-bond acceptors (Lipinski definition) is 4. The highest BCUT2D eigenvalue weighted by Crippen LogP contribution is 2.37. The first-order valence-electron chi connectivity index (χ1n) is 8.66. The molecular formula is C19H19FN2O5. The lowest BCUT2D eigenvalue weighted by Gasteiger charge is -2.29. The van der Waals surface area contributed by atoms with E-state index in [0.717, 1.165) is 18.9 Å². The molecule has 7 nitrogen and oxygen atoms in total. The highest BCUT2D eigenvalue weighted by atomic mass is 19.1. The van der Waals surface area contributed by atoms with Gasteiger partial charge in [-0.3, -0.25) is 19.3 Å². The van der Waals surface area contributed by atoms with Crippen molar-refractivity contribution in [2.75, 3.05) is 23.4 Å². The number of rotatable bonds is 4. The van der Waals surface area contributed by atoms with Crippen LogP contribution in [0.5, 0.6) is 5.75 Å². The third kappa shape index (κ3) is 3.72. The topological polar surface area (TPSA) is 95.9 Å². The Hall–Kier alpha value is -3.08. The fourth-order valence-corrected chi connectivity index (χ4v) is 3.55. The number of anilines is 2.